The van der Waals surface area contributed by atoms with Crippen LogP contribution in [0.3, 0.4) is 0 Å². The van der Waals surface area contributed by atoms with Crippen LogP contribution in [0.2, 0.25) is 5.02 Å². The predicted molar refractivity (Wildman–Crippen MR) is 77.7 cm³/mol. The fourth-order valence-electron chi connectivity index (χ4n) is 1.84. The van der Waals surface area contributed by atoms with Gasteiger partial charge in [0.2, 0.25) is 0 Å². The maximum absolute atomic E-state index is 12.2. The first-order chi connectivity index (χ1) is 9.65. The molecule has 2 heterocycles. The fraction of sp³-hybridized carbons (Fsp3) is 0. The molecule has 3 rings (SSSR count). The van der Waals surface area contributed by atoms with Crippen molar-refractivity contribution in [3.05, 3.63) is 47.4 Å². The van der Waals surface area contributed by atoms with E-state index in [1.54, 1.807) is 36.7 Å². The molecule has 0 aliphatic heterocycles. The maximum Gasteiger partial charge on any atom is 0.276 e. The lowest BCUT2D eigenvalue weighted by atomic mass is 10.2. The van der Waals surface area contributed by atoms with E-state index < -0.39 is 0 Å². The number of pyridine rings is 1. The van der Waals surface area contributed by atoms with Gasteiger partial charge in [-0.1, -0.05) is 11.6 Å². The molecule has 7 heteroatoms. The van der Waals surface area contributed by atoms with Gasteiger partial charge in [-0.3, -0.25) is 14.9 Å². The second-order valence-electron chi connectivity index (χ2n) is 4.19. The van der Waals surface area contributed by atoms with Crippen molar-refractivity contribution < 1.29 is 4.79 Å². The van der Waals surface area contributed by atoms with Crippen LogP contribution in [-0.2, 0) is 0 Å². The molecule has 0 radical (unpaired) electrons. The van der Waals surface area contributed by atoms with Gasteiger partial charge in [0.05, 0.1) is 21.6 Å². The molecule has 0 spiro atoms. The Kier molecular flexibility index (Phi) is 3.00. The van der Waals surface area contributed by atoms with Gasteiger partial charge in [-0.2, -0.15) is 5.10 Å². The molecule has 2 aromatic heterocycles. The maximum atomic E-state index is 12.2. The molecule has 100 valence electrons. The molecule has 0 atom stereocenters. The van der Waals surface area contributed by atoms with Crippen LogP contribution in [0.5, 0.6) is 0 Å². The van der Waals surface area contributed by atoms with E-state index in [1.165, 1.54) is 0 Å². The first-order valence-electron chi connectivity index (χ1n) is 5.79. The number of nitrogen functional groups attached to an aromatic ring is 1. The summed E-state index contributed by atoms with van der Waals surface area (Å²) in [5, 5.41) is 10.5. The number of nitrogens with one attached hydrogen (secondary N) is 2. The number of carbonyl (C=O) groups is 1. The van der Waals surface area contributed by atoms with Crippen LogP contribution in [0.1, 0.15) is 10.5 Å². The largest absolute Gasteiger partial charge is 0.399 e. The predicted octanol–water partition coefficient (Wildman–Crippen LogP) is 2.45. The highest BCUT2D eigenvalue weighted by molar-refractivity contribution is 6.34. The lowest BCUT2D eigenvalue weighted by molar-refractivity contribution is 0.102. The molecule has 0 saturated heterocycles. The van der Waals surface area contributed by atoms with Gasteiger partial charge >= 0.3 is 0 Å². The van der Waals surface area contributed by atoms with Crippen LogP contribution in [-0.4, -0.2) is 21.1 Å². The summed E-state index contributed by atoms with van der Waals surface area (Å²) in [7, 11) is 0. The Labute approximate surface area is 119 Å². The van der Waals surface area contributed by atoms with E-state index in [1.807, 2.05) is 0 Å². The summed E-state index contributed by atoms with van der Waals surface area (Å²) in [6, 6.07) is 6.62. The number of halogens is 1. The highest BCUT2D eigenvalue weighted by Gasteiger charge is 2.15. The van der Waals surface area contributed by atoms with Crippen LogP contribution in [0.25, 0.3) is 10.9 Å². The van der Waals surface area contributed by atoms with Crippen LogP contribution >= 0.6 is 11.6 Å². The fourth-order valence-corrected chi connectivity index (χ4v) is 2.08. The molecule has 0 saturated carbocycles. The van der Waals surface area contributed by atoms with Crippen LogP contribution in [0, 0.1) is 0 Å². The summed E-state index contributed by atoms with van der Waals surface area (Å²) < 4.78 is 0. The molecule has 1 amide bonds. The molecule has 6 nitrogen and oxygen atoms in total. The highest BCUT2D eigenvalue weighted by Crippen LogP contribution is 2.25. The van der Waals surface area contributed by atoms with Crippen LogP contribution in [0.15, 0.2) is 36.7 Å². The average Bonchev–Trinajstić information content (AvgIpc) is 2.86. The number of benzene rings is 1. The summed E-state index contributed by atoms with van der Waals surface area (Å²) in [5.74, 6) is -0.365. The Hall–Kier alpha value is -2.60. The molecule has 3 aromatic rings. The summed E-state index contributed by atoms with van der Waals surface area (Å²) in [6.07, 6.45) is 3.21. The molecule has 0 aliphatic carbocycles. The molecular weight excluding hydrogens is 278 g/mol. The number of H-pyrrole nitrogens is 1. The van der Waals surface area contributed by atoms with E-state index in [9.17, 15) is 4.79 Å². The molecule has 0 unspecified atom stereocenters. The minimum absolute atomic E-state index is 0.265. The first kappa shape index (κ1) is 12.4. The average molecular weight is 288 g/mol. The molecule has 0 aliphatic rings. The Balaban J connectivity index is 1.93. The van der Waals surface area contributed by atoms with Crippen molar-refractivity contribution in [2.24, 2.45) is 0 Å². The number of aromatic amines is 1. The van der Waals surface area contributed by atoms with Gasteiger partial charge in [0, 0.05) is 18.1 Å². The SMILES string of the molecule is Nc1ccc(NC(=O)c2n[nH]c3ccncc23)c(Cl)c1. The number of carbonyl (C=O) groups excluding carboxylic acids is 1. The summed E-state index contributed by atoms with van der Waals surface area (Å²) in [6.45, 7) is 0. The Morgan fingerprint density at radius 2 is 2.20 bits per heavy atom. The molecule has 4 N–H and O–H groups in total. The Morgan fingerprint density at radius 3 is 3.00 bits per heavy atom. The van der Waals surface area contributed by atoms with Crippen molar-refractivity contribution in [2.45, 2.75) is 0 Å². The van der Waals surface area contributed by atoms with Crippen molar-refractivity contribution >= 4 is 39.8 Å². The zero-order chi connectivity index (χ0) is 14.1. The number of hydrogen-bond acceptors (Lipinski definition) is 4. The third-order valence-corrected chi connectivity index (χ3v) is 3.13. The van der Waals surface area contributed by atoms with Crippen LogP contribution in [0.4, 0.5) is 11.4 Å². The van der Waals surface area contributed by atoms with Crippen molar-refractivity contribution in [3.63, 3.8) is 0 Å². The minimum Gasteiger partial charge on any atom is -0.399 e. The number of nitrogens with two attached hydrogens (primary N) is 1. The third-order valence-electron chi connectivity index (χ3n) is 2.82. The minimum atomic E-state index is -0.365. The molecule has 20 heavy (non-hydrogen) atoms. The number of amides is 1. The summed E-state index contributed by atoms with van der Waals surface area (Å²) >= 11 is 6.02. The normalized spacial score (nSPS) is 10.7. The van der Waals surface area contributed by atoms with Crippen molar-refractivity contribution in [1.82, 2.24) is 15.2 Å². The second-order valence-corrected chi connectivity index (χ2v) is 4.59. The van der Waals surface area contributed by atoms with Gasteiger partial charge in [-0.25, -0.2) is 0 Å². The lowest BCUT2D eigenvalue weighted by Gasteiger charge is -2.06. The third kappa shape index (κ3) is 2.17. The van der Waals surface area contributed by atoms with Gasteiger partial charge in [-0.15, -0.1) is 0 Å². The number of fused-ring (bicyclic) bond motifs is 1. The molecule has 0 fully saturated rings. The number of hydrogen-bond donors (Lipinski definition) is 3. The van der Waals surface area contributed by atoms with E-state index in [-0.39, 0.29) is 11.6 Å². The van der Waals surface area contributed by atoms with E-state index in [0.717, 1.165) is 5.52 Å². The standard InChI is InChI=1S/C13H10ClN5O/c14-9-5-7(15)1-2-11(9)17-13(20)12-8-6-16-4-3-10(8)18-19-12/h1-6H,15H2,(H,17,20)(H,18,19). The number of nitrogens with zero attached hydrogens (tertiary/aromatic N) is 2. The van der Waals surface area contributed by atoms with Gasteiger partial charge < -0.3 is 11.1 Å². The van der Waals surface area contributed by atoms with Gasteiger partial charge in [-0.05, 0) is 24.3 Å². The zero-order valence-electron chi connectivity index (χ0n) is 10.2. The lowest BCUT2D eigenvalue weighted by Crippen LogP contribution is -2.13. The highest BCUT2D eigenvalue weighted by atomic mass is 35.5. The number of rotatable bonds is 2. The van der Waals surface area contributed by atoms with Crippen LogP contribution < -0.4 is 11.1 Å². The van der Waals surface area contributed by atoms with E-state index in [4.69, 9.17) is 17.3 Å². The van der Waals surface area contributed by atoms with Gasteiger partial charge in [0.25, 0.3) is 5.91 Å². The Morgan fingerprint density at radius 1 is 1.35 bits per heavy atom. The molecular formula is C13H10ClN5O. The van der Waals surface area contributed by atoms with Crippen molar-refractivity contribution in [2.75, 3.05) is 11.1 Å². The quantitative estimate of drug-likeness (QED) is 0.631. The van der Waals surface area contributed by atoms with E-state index >= 15 is 0 Å². The van der Waals surface area contributed by atoms with Crippen molar-refractivity contribution in [1.29, 1.82) is 0 Å². The van der Waals surface area contributed by atoms with E-state index in [2.05, 4.69) is 20.5 Å². The molecule has 1 aromatic carbocycles. The van der Waals surface area contributed by atoms with Crippen molar-refractivity contribution in [3.8, 4) is 0 Å². The van der Waals surface area contributed by atoms with Gasteiger partial charge in [0.1, 0.15) is 0 Å². The van der Waals surface area contributed by atoms with Gasteiger partial charge in [0.15, 0.2) is 5.69 Å². The number of anilines is 2. The number of aromatic nitrogens is 3. The van der Waals surface area contributed by atoms with E-state index in [0.29, 0.717) is 21.8 Å². The summed E-state index contributed by atoms with van der Waals surface area (Å²) in [4.78, 5) is 16.2. The topological polar surface area (TPSA) is 96.7 Å². The first-order valence-corrected chi connectivity index (χ1v) is 6.17. The Bertz CT molecular complexity index is 798. The zero-order valence-corrected chi connectivity index (χ0v) is 11.0. The summed E-state index contributed by atoms with van der Waals surface area (Å²) in [5.41, 5.74) is 7.62. The monoisotopic (exact) mass is 287 g/mol. The molecule has 0 bridgehead atoms. The second kappa shape index (κ2) is 4.82. The smallest absolute Gasteiger partial charge is 0.276 e.